The quantitative estimate of drug-likeness (QED) is 0.0316. The Bertz CT molecular complexity index is 2660. The molecule has 0 aromatic carbocycles. The van der Waals surface area contributed by atoms with Gasteiger partial charge in [-0.3, -0.25) is 67.1 Å². The van der Waals surface area contributed by atoms with Gasteiger partial charge in [0.15, 0.2) is 0 Å². The molecule has 0 aliphatic carbocycles. The van der Waals surface area contributed by atoms with E-state index in [1.54, 1.807) is 69.2 Å². The van der Waals surface area contributed by atoms with Crippen molar-refractivity contribution < 1.29 is 72.2 Å². The van der Waals surface area contributed by atoms with Crippen LogP contribution in [0.3, 0.4) is 0 Å². The predicted molar refractivity (Wildman–Crippen MR) is 369 cm³/mol. The maximum Gasteiger partial charge on any atom is 0.245 e. The molecule has 20 N–H and O–H groups in total. The fourth-order valence-corrected chi connectivity index (χ4v) is 11.2. The van der Waals surface area contributed by atoms with Crippen molar-refractivity contribution in [2.75, 3.05) is 26.2 Å². The summed E-state index contributed by atoms with van der Waals surface area (Å²) in [5.74, 6) is -12.8. The molecule has 1 rings (SSSR count). The monoisotopic (exact) mass is 1390 g/mol. The predicted octanol–water partition coefficient (Wildman–Crippen LogP) is -1.27. The van der Waals surface area contributed by atoms with E-state index in [1.165, 1.54) is 4.90 Å². The number of hydrogen-bond donors (Lipinski definition) is 16. The van der Waals surface area contributed by atoms with Crippen molar-refractivity contribution >= 4 is 82.7 Å². The van der Waals surface area contributed by atoms with E-state index in [9.17, 15) is 72.2 Å². The Kier molecular flexibility index (Phi) is 40.2. The Morgan fingerprint density at radius 1 is 0.459 bits per heavy atom. The molecule has 1 saturated heterocycles. The van der Waals surface area contributed by atoms with Gasteiger partial charge in [-0.05, 0) is 125 Å². The first-order chi connectivity index (χ1) is 45.7. The average Bonchev–Trinajstić information content (AvgIpc) is 1.66. The number of amides is 14. The summed E-state index contributed by atoms with van der Waals surface area (Å²) in [6, 6.07) is -14.9. The van der Waals surface area contributed by atoms with Gasteiger partial charge in [-0.1, -0.05) is 117 Å². The number of aliphatic hydroxyl groups excluding tert-OH is 1. The van der Waals surface area contributed by atoms with E-state index in [0.717, 1.165) is 0 Å². The molecule has 1 heterocycles. The van der Waals surface area contributed by atoms with Crippen LogP contribution in [0.2, 0.25) is 0 Å². The van der Waals surface area contributed by atoms with Crippen LogP contribution in [0.5, 0.6) is 0 Å². The van der Waals surface area contributed by atoms with E-state index in [-0.39, 0.29) is 87.1 Å². The summed E-state index contributed by atoms with van der Waals surface area (Å²) >= 11 is 0. The number of nitrogens with zero attached hydrogens (tertiary/aromatic N) is 1. The van der Waals surface area contributed by atoms with Gasteiger partial charge in [-0.2, -0.15) is 0 Å². The second-order valence-corrected chi connectivity index (χ2v) is 29.0. The van der Waals surface area contributed by atoms with Crippen molar-refractivity contribution in [1.82, 2.24) is 63.4 Å². The standard InChI is InChI=1S/C67H122N16O15/c1-17-41(16)55(82-64(95)51-22-20-24-83(51)67(98)49(30-39(12)13)79-57(88)42(69)25-34(2)3)66(97)81-54(40(14)15)65(96)72-32-53(86)73-48(31-52(70)85)62(93)77-47(29-38(10)11)61(92)76-45(27-36(6)7)59(90)74-43(21-18-19-23-68)58(89)80-50(33-84)63(94)78-46(28-37(8)9)60(91)75-44(56(71)87)26-35(4)5/h34-51,54-55,84H,17-33,68-69H2,1-16H3,(H2,70,85)(H2,71,87)(H,72,96)(H,73,86)(H,74,90)(H,75,91)(H,76,92)(H,77,93)(H,78,94)(H,79,88)(H,80,89)(H,81,97)(H,82,95)/t41-,42-,43-,44-,45-,46-,47-,48-,49-,50-,51-,54-,55-/m0/s1. The highest BCUT2D eigenvalue weighted by molar-refractivity contribution is 6.00. The van der Waals surface area contributed by atoms with Gasteiger partial charge in [0.25, 0.3) is 0 Å². The Hall–Kier alpha value is -7.54. The Balaban J connectivity index is 3.37. The number of nitrogens with one attached hydrogen (secondary N) is 11. The minimum Gasteiger partial charge on any atom is -0.394 e. The van der Waals surface area contributed by atoms with Gasteiger partial charge >= 0.3 is 0 Å². The normalized spacial score (nSPS) is 16.8. The van der Waals surface area contributed by atoms with Crippen molar-refractivity contribution in [3.63, 3.8) is 0 Å². The molecule has 1 aliphatic heterocycles. The maximum atomic E-state index is 14.3. The van der Waals surface area contributed by atoms with Crippen LogP contribution >= 0.6 is 0 Å². The SMILES string of the molecule is CC[C@H](C)[C@H](NC(=O)[C@@H]1CCCN1C(=O)[C@H](CC(C)C)NC(=O)[C@@H](N)CC(C)C)C(=O)N[C@H](C(=O)NCC(=O)N[C@@H](CC(N)=O)C(=O)N[C@@H](CC(C)C)C(=O)N[C@@H](CC(C)C)C(=O)N[C@@H](CCCCN)C(=O)N[C@@H](CO)C(=O)N[C@@H](CC(C)C)C(=O)N[C@@H](CC(C)C)C(N)=O)C(C)C. The first-order valence-corrected chi connectivity index (χ1v) is 34.9. The molecule has 1 fully saturated rings. The van der Waals surface area contributed by atoms with Crippen molar-refractivity contribution in [3.8, 4) is 0 Å². The topological polar surface area (TPSA) is 499 Å². The van der Waals surface area contributed by atoms with Gasteiger partial charge in [-0.25, -0.2) is 0 Å². The molecule has 0 spiro atoms. The highest BCUT2D eigenvalue weighted by Crippen LogP contribution is 2.23. The fourth-order valence-electron chi connectivity index (χ4n) is 11.2. The Morgan fingerprint density at radius 3 is 1.32 bits per heavy atom. The number of rotatable bonds is 46. The van der Waals surface area contributed by atoms with E-state index in [1.807, 2.05) is 41.5 Å². The number of carbonyl (C=O) groups is 14. The zero-order valence-electron chi connectivity index (χ0n) is 61.0. The van der Waals surface area contributed by atoms with Crippen LogP contribution in [-0.4, -0.2) is 191 Å². The largest absolute Gasteiger partial charge is 0.394 e. The summed E-state index contributed by atoms with van der Waals surface area (Å²) in [5, 5.41) is 39.0. The number of aliphatic hydroxyl groups is 1. The molecule has 31 nitrogen and oxygen atoms in total. The van der Waals surface area contributed by atoms with Gasteiger partial charge in [-0.15, -0.1) is 0 Å². The molecule has 98 heavy (non-hydrogen) atoms. The van der Waals surface area contributed by atoms with Crippen LogP contribution < -0.4 is 81.4 Å². The molecular weight excluding hydrogens is 1270 g/mol. The average molecular weight is 1390 g/mol. The number of primary amides is 2. The zero-order valence-corrected chi connectivity index (χ0v) is 61.0. The Labute approximate surface area is 579 Å². The second kappa shape index (κ2) is 44.5. The molecule has 13 atom stereocenters. The van der Waals surface area contributed by atoms with Gasteiger partial charge < -0.3 is 91.4 Å². The molecule has 0 bridgehead atoms. The molecule has 1 aliphatic rings. The van der Waals surface area contributed by atoms with E-state index in [4.69, 9.17) is 22.9 Å². The number of unbranched alkanes of at least 4 members (excludes halogenated alkanes) is 1. The van der Waals surface area contributed by atoms with Crippen molar-refractivity contribution in [1.29, 1.82) is 0 Å². The third-order valence-corrected chi connectivity index (χ3v) is 16.5. The molecule has 560 valence electrons. The van der Waals surface area contributed by atoms with Crippen LogP contribution in [0.1, 0.15) is 194 Å². The number of carbonyl (C=O) groups excluding carboxylic acids is 14. The molecule has 14 amide bonds. The molecule has 0 aromatic rings. The van der Waals surface area contributed by atoms with E-state index in [2.05, 4.69) is 58.5 Å². The summed E-state index contributed by atoms with van der Waals surface area (Å²) in [7, 11) is 0. The molecule has 31 heteroatoms. The van der Waals surface area contributed by atoms with Crippen LogP contribution in [-0.2, 0) is 67.1 Å². The zero-order chi connectivity index (χ0) is 75.0. The molecule has 0 radical (unpaired) electrons. The van der Waals surface area contributed by atoms with E-state index >= 15 is 0 Å². The highest BCUT2D eigenvalue weighted by Gasteiger charge is 2.42. The molecular formula is C67H122N16O15. The van der Waals surface area contributed by atoms with Crippen LogP contribution in [0.15, 0.2) is 0 Å². The maximum absolute atomic E-state index is 14.3. The summed E-state index contributed by atoms with van der Waals surface area (Å²) < 4.78 is 0. The summed E-state index contributed by atoms with van der Waals surface area (Å²) in [6.07, 6.45) is 2.14. The third-order valence-electron chi connectivity index (χ3n) is 16.5. The van der Waals surface area contributed by atoms with Gasteiger partial charge in [0.2, 0.25) is 82.7 Å². The first-order valence-electron chi connectivity index (χ1n) is 34.9. The summed E-state index contributed by atoms with van der Waals surface area (Å²) in [5.41, 5.74) is 23.0. The molecule has 0 aromatic heterocycles. The smallest absolute Gasteiger partial charge is 0.245 e. The summed E-state index contributed by atoms with van der Waals surface area (Å²) in [6.45, 7) is 27.5. The lowest BCUT2D eigenvalue weighted by Crippen LogP contribution is -2.61. The lowest BCUT2D eigenvalue weighted by atomic mass is 9.96. The lowest BCUT2D eigenvalue weighted by molar-refractivity contribution is -0.143. The minimum atomic E-state index is -1.70. The van der Waals surface area contributed by atoms with Gasteiger partial charge in [0.05, 0.1) is 25.6 Å². The first kappa shape index (κ1) is 88.5. The highest BCUT2D eigenvalue weighted by atomic mass is 16.3. The third kappa shape index (κ3) is 32.4. The van der Waals surface area contributed by atoms with Crippen LogP contribution in [0.4, 0.5) is 0 Å². The van der Waals surface area contributed by atoms with Crippen molar-refractivity contribution in [2.45, 2.75) is 267 Å². The van der Waals surface area contributed by atoms with Gasteiger partial charge in [0.1, 0.15) is 66.5 Å². The number of nitrogens with two attached hydrogens (primary N) is 4. The lowest BCUT2D eigenvalue weighted by Gasteiger charge is -2.32. The number of likely N-dealkylation sites (tertiary alicyclic amines) is 1. The van der Waals surface area contributed by atoms with Crippen molar-refractivity contribution in [3.05, 3.63) is 0 Å². The fraction of sp³-hybridized carbons (Fsp3) is 0.791. The number of hydrogen-bond acceptors (Lipinski definition) is 17. The minimum absolute atomic E-state index is 0.00436. The molecule has 0 unspecified atom stereocenters. The summed E-state index contributed by atoms with van der Waals surface area (Å²) in [4.78, 5) is 193. The van der Waals surface area contributed by atoms with Crippen LogP contribution in [0.25, 0.3) is 0 Å². The second-order valence-electron chi connectivity index (χ2n) is 29.0. The van der Waals surface area contributed by atoms with Crippen LogP contribution in [0, 0.1) is 47.3 Å². The van der Waals surface area contributed by atoms with Gasteiger partial charge in [0, 0.05) is 6.54 Å². The van der Waals surface area contributed by atoms with E-state index < -0.39 is 187 Å². The van der Waals surface area contributed by atoms with Crippen molar-refractivity contribution in [2.24, 2.45) is 70.3 Å². The van der Waals surface area contributed by atoms with E-state index in [0.29, 0.717) is 38.5 Å². The Morgan fingerprint density at radius 2 is 0.878 bits per heavy atom. The molecule has 0 saturated carbocycles.